The van der Waals surface area contributed by atoms with Crippen LogP contribution in [0.5, 0.6) is 0 Å². The van der Waals surface area contributed by atoms with Crippen LogP contribution in [-0.2, 0) is 30.6 Å². The van der Waals surface area contributed by atoms with Crippen LogP contribution in [0.1, 0.15) is 26.5 Å². The number of nitrogens with zero attached hydrogens (tertiary/aromatic N) is 4. The highest BCUT2D eigenvalue weighted by Gasteiger charge is 2.54. The third-order valence-corrected chi connectivity index (χ3v) is 8.04. The minimum Gasteiger partial charge on any atom is -0.477 e. The zero-order chi connectivity index (χ0) is 29.9. The second-order valence-electron chi connectivity index (χ2n) is 10.2. The molecule has 0 aliphatic carbocycles. The number of amides is 3. The second kappa shape index (κ2) is 12.2. The molecule has 41 heavy (non-hydrogen) atoms. The van der Waals surface area contributed by atoms with Crippen LogP contribution in [0.15, 0.2) is 46.3 Å². The number of carboxylic acid groups (broad SMARTS) is 1. The largest absolute Gasteiger partial charge is 0.477 e. The summed E-state index contributed by atoms with van der Waals surface area (Å²) in [4.78, 5) is 60.4. The van der Waals surface area contributed by atoms with Crippen molar-refractivity contribution in [2.45, 2.75) is 44.3 Å². The second-order valence-corrected chi connectivity index (χ2v) is 12.2. The Morgan fingerprint density at radius 2 is 2.00 bits per heavy atom. The van der Waals surface area contributed by atoms with Gasteiger partial charge in [0.05, 0.1) is 12.2 Å². The standard InChI is InChI=1S/C25H30N8O6S2/c1-25(2,3)27-9-16(34)28-14-5-7-32(8-6-14)10-13-11-40-22-18(21(36)33(22)19(13)23(37)38)30-20(35)17(31-39-4)15-12-41-24(26)29-15/h5-8,12,18,22,27H,9-11H2,1-4H3,(H4,26,29,30,35,37,38)/p+1/b31-17-/t18-,22?/m1/s1. The Hall–Kier alpha value is -4.02. The Morgan fingerprint density at radius 1 is 1.29 bits per heavy atom. The van der Waals surface area contributed by atoms with Gasteiger partial charge in [-0.2, -0.15) is 0 Å². The molecule has 2 aromatic rings. The summed E-state index contributed by atoms with van der Waals surface area (Å²) in [5, 5.41) is 23.4. The Balaban J connectivity index is 1.43. The normalized spacial score (nSPS) is 18.9. The van der Waals surface area contributed by atoms with Crippen LogP contribution >= 0.6 is 23.1 Å². The van der Waals surface area contributed by atoms with Crippen molar-refractivity contribution in [1.82, 2.24) is 20.5 Å². The van der Waals surface area contributed by atoms with Gasteiger partial charge in [-0.05, 0) is 20.8 Å². The number of oxime groups is 1. The Kier molecular flexibility index (Phi) is 8.94. The number of carbonyl (C=O) groups excluding carboxylic acids is 3. The van der Waals surface area contributed by atoms with Crippen molar-refractivity contribution in [3.8, 4) is 0 Å². The van der Waals surface area contributed by atoms with E-state index in [-0.39, 0.29) is 46.8 Å². The SMILES string of the molecule is CO/N=C(\C(=O)N[C@@H]1C(=O)N2C(C(=O)O)=C(C[n+]3ccc(NC(=O)CNC(C)(C)C)cc3)CSC12)c1csc(N)n1. The van der Waals surface area contributed by atoms with Crippen LogP contribution in [0.2, 0.25) is 0 Å². The number of thiazole rings is 1. The zero-order valence-corrected chi connectivity index (χ0v) is 24.5. The van der Waals surface area contributed by atoms with Gasteiger partial charge in [0, 0.05) is 34.4 Å². The van der Waals surface area contributed by atoms with Crippen molar-refractivity contribution in [2.24, 2.45) is 5.16 Å². The number of nitrogen functional groups attached to an aromatic ring is 1. The summed E-state index contributed by atoms with van der Waals surface area (Å²) in [6.07, 6.45) is 3.44. The molecule has 1 fully saturated rings. The molecule has 16 heteroatoms. The number of β-lactam (4-membered cyclic amide) rings is 1. The molecule has 0 bridgehead atoms. The first-order valence-corrected chi connectivity index (χ1v) is 14.4. The van der Waals surface area contributed by atoms with E-state index in [2.05, 4.69) is 26.1 Å². The maximum atomic E-state index is 13.1. The first kappa shape index (κ1) is 30.0. The molecule has 2 aromatic heterocycles. The van der Waals surface area contributed by atoms with Gasteiger partial charge in [0.15, 0.2) is 29.8 Å². The predicted octanol–water partition coefficient (Wildman–Crippen LogP) is 0.129. The molecule has 1 saturated heterocycles. The number of carbonyl (C=O) groups is 4. The van der Waals surface area contributed by atoms with Gasteiger partial charge in [-0.25, -0.2) is 14.3 Å². The third-order valence-electron chi connectivity index (χ3n) is 6.03. The summed E-state index contributed by atoms with van der Waals surface area (Å²) < 4.78 is 1.76. The van der Waals surface area contributed by atoms with Gasteiger partial charge in [-0.3, -0.25) is 19.3 Å². The molecule has 2 atom stereocenters. The number of hydrogen-bond acceptors (Lipinski definition) is 11. The summed E-state index contributed by atoms with van der Waals surface area (Å²) in [5.74, 6) is -2.34. The van der Waals surface area contributed by atoms with Crippen LogP contribution < -0.4 is 26.3 Å². The van der Waals surface area contributed by atoms with E-state index in [4.69, 9.17) is 10.6 Å². The van der Waals surface area contributed by atoms with Gasteiger partial charge in [-0.1, -0.05) is 5.16 Å². The first-order valence-electron chi connectivity index (χ1n) is 12.5. The fourth-order valence-corrected chi connectivity index (χ4v) is 6.01. The van der Waals surface area contributed by atoms with Gasteiger partial charge in [0.1, 0.15) is 29.9 Å². The number of aliphatic carboxylic acids is 1. The van der Waals surface area contributed by atoms with E-state index in [0.717, 1.165) is 11.3 Å². The molecular formula is C25H31N8O6S2+. The number of thioether (sulfide) groups is 1. The van der Waals surface area contributed by atoms with E-state index in [1.807, 2.05) is 20.8 Å². The number of anilines is 2. The number of hydrogen-bond donors (Lipinski definition) is 5. The number of nitrogens with one attached hydrogen (secondary N) is 3. The van der Waals surface area contributed by atoms with Crippen molar-refractivity contribution in [2.75, 3.05) is 30.5 Å². The number of fused-ring (bicyclic) bond motifs is 1. The Bertz CT molecular complexity index is 1420. The minimum atomic E-state index is -1.24. The highest BCUT2D eigenvalue weighted by atomic mass is 32.2. The Labute approximate surface area is 244 Å². The molecule has 2 aliphatic heterocycles. The van der Waals surface area contributed by atoms with Gasteiger partial charge in [0.2, 0.25) is 5.91 Å². The summed E-state index contributed by atoms with van der Waals surface area (Å²) in [7, 11) is 1.27. The lowest BCUT2D eigenvalue weighted by atomic mass is 10.0. The fourth-order valence-electron chi connectivity index (χ4n) is 4.12. The van der Waals surface area contributed by atoms with Crippen LogP contribution in [0.4, 0.5) is 10.8 Å². The lowest BCUT2D eigenvalue weighted by Crippen LogP contribution is -2.71. The topological polar surface area (TPSA) is 192 Å². The van der Waals surface area contributed by atoms with Crippen molar-refractivity contribution in [3.63, 3.8) is 0 Å². The third kappa shape index (κ3) is 7.01. The molecule has 0 aromatic carbocycles. The highest BCUT2D eigenvalue weighted by Crippen LogP contribution is 2.40. The summed E-state index contributed by atoms with van der Waals surface area (Å²) >= 11 is 2.47. The Morgan fingerprint density at radius 3 is 2.59 bits per heavy atom. The van der Waals surface area contributed by atoms with Gasteiger partial charge in [-0.15, -0.1) is 23.1 Å². The van der Waals surface area contributed by atoms with E-state index in [0.29, 0.717) is 17.0 Å². The molecule has 0 radical (unpaired) electrons. The molecule has 2 aliphatic rings. The van der Waals surface area contributed by atoms with Gasteiger partial charge >= 0.3 is 5.97 Å². The van der Waals surface area contributed by atoms with Gasteiger partial charge < -0.3 is 31.6 Å². The maximum Gasteiger partial charge on any atom is 0.352 e. The van der Waals surface area contributed by atoms with Crippen LogP contribution in [-0.4, -0.2) is 80.8 Å². The number of carboxylic acids is 1. The monoisotopic (exact) mass is 603 g/mol. The highest BCUT2D eigenvalue weighted by molar-refractivity contribution is 8.00. The van der Waals surface area contributed by atoms with E-state index in [9.17, 15) is 24.3 Å². The summed E-state index contributed by atoms with van der Waals surface area (Å²) in [5.41, 5.74) is 6.54. The molecule has 0 spiro atoms. The smallest absolute Gasteiger partial charge is 0.352 e. The quantitative estimate of drug-likeness (QED) is 0.108. The molecule has 218 valence electrons. The molecule has 4 rings (SSSR count). The zero-order valence-electron chi connectivity index (χ0n) is 22.8. The average molecular weight is 604 g/mol. The lowest BCUT2D eigenvalue weighted by molar-refractivity contribution is -0.688. The predicted molar refractivity (Wildman–Crippen MR) is 153 cm³/mol. The fraction of sp³-hybridized carbons (Fsp3) is 0.400. The summed E-state index contributed by atoms with van der Waals surface area (Å²) in [6, 6.07) is 2.47. The van der Waals surface area contributed by atoms with Crippen molar-refractivity contribution < 1.29 is 33.7 Å². The maximum absolute atomic E-state index is 13.1. The molecule has 4 heterocycles. The van der Waals surface area contributed by atoms with E-state index >= 15 is 0 Å². The van der Waals surface area contributed by atoms with E-state index in [1.54, 1.807) is 29.1 Å². The number of rotatable bonds is 10. The van der Waals surface area contributed by atoms with Crippen molar-refractivity contribution in [1.29, 1.82) is 0 Å². The van der Waals surface area contributed by atoms with E-state index in [1.165, 1.54) is 29.2 Å². The summed E-state index contributed by atoms with van der Waals surface area (Å²) in [6.45, 7) is 6.29. The molecular weight excluding hydrogens is 572 g/mol. The minimum absolute atomic E-state index is 0.111. The molecule has 3 amide bonds. The van der Waals surface area contributed by atoms with E-state index < -0.39 is 29.2 Å². The molecule has 14 nitrogen and oxygen atoms in total. The first-order chi connectivity index (χ1) is 19.4. The van der Waals surface area contributed by atoms with Crippen LogP contribution in [0, 0.1) is 0 Å². The van der Waals surface area contributed by atoms with Crippen LogP contribution in [0.3, 0.4) is 0 Å². The van der Waals surface area contributed by atoms with Crippen molar-refractivity contribution >= 4 is 63.3 Å². The van der Waals surface area contributed by atoms with Gasteiger partial charge in [0.25, 0.3) is 11.8 Å². The van der Waals surface area contributed by atoms with Crippen molar-refractivity contribution in [3.05, 3.63) is 46.9 Å². The number of aromatic nitrogens is 2. The van der Waals surface area contributed by atoms with Crippen LogP contribution in [0.25, 0.3) is 0 Å². The molecule has 6 N–H and O–H groups in total. The number of pyridine rings is 1. The molecule has 0 saturated carbocycles. The average Bonchev–Trinajstić information content (AvgIpc) is 3.35. The number of nitrogens with two attached hydrogens (primary N) is 1. The lowest BCUT2D eigenvalue weighted by Gasteiger charge is -2.49. The molecule has 1 unspecified atom stereocenters.